The second-order valence-electron chi connectivity index (χ2n) is 7.25. The Kier molecular flexibility index (Phi) is 4.90. The van der Waals surface area contributed by atoms with Crippen molar-refractivity contribution in [1.29, 1.82) is 0 Å². The van der Waals surface area contributed by atoms with Crippen molar-refractivity contribution in [3.05, 3.63) is 54.0 Å². The number of nitrogens with zero attached hydrogens (tertiary/aromatic N) is 3. The summed E-state index contributed by atoms with van der Waals surface area (Å²) in [5.41, 5.74) is 1.87. The molecule has 3 heterocycles. The summed E-state index contributed by atoms with van der Waals surface area (Å²) in [4.78, 5) is 43.0. The van der Waals surface area contributed by atoms with Gasteiger partial charge in [0.05, 0.1) is 6.26 Å². The van der Waals surface area contributed by atoms with Crippen LogP contribution in [-0.2, 0) is 9.59 Å². The second kappa shape index (κ2) is 7.50. The molecule has 0 bridgehead atoms. The number of carbonyl (C=O) groups excluding carboxylic acids is 3. The lowest BCUT2D eigenvalue weighted by Crippen LogP contribution is -2.55. The van der Waals surface area contributed by atoms with Crippen LogP contribution in [0, 0.1) is 6.92 Å². The Bertz CT molecular complexity index is 868. The van der Waals surface area contributed by atoms with Gasteiger partial charge in [-0.1, -0.05) is 17.7 Å². The molecule has 7 heteroatoms. The summed E-state index contributed by atoms with van der Waals surface area (Å²) in [5, 5.41) is 0. The number of piperazine rings is 1. The van der Waals surface area contributed by atoms with Crippen molar-refractivity contribution in [2.75, 3.05) is 31.1 Å². The van der Waals surface area contributed by atoms with Gasteiger partial charge in [0, 0.05) is 38.3 Å². The largest absolute Gasteiger partial charge is 0.459 e. The van der Waals surface area contributed by atoms with Gasteiger partial charge in [0.15, 0.2) is 5.76 Å². The first-order chi connectivity index (χ1) is 13.5. The van der Waals surface area contributed by atoms with E-state index in [4.69, 9.17) is 4.42 Å². The molecule has 146 valence electrons. The number of rotatable bonds is 3. The maximum atomic E-state index is 13.1. The number of anilines is 1. The van der Waals surface area contributed by atoms with Gasteiger partial charge in [0.25, 0.3) is 5.91 Å². The minimum absolute atomic E-state index is 0.0196. The van der Waals surface area contributed by atoms with Gasteiger partial charge in [-0.3, -0.25) is 19.3 Å². The number of aryl methyl sites for hydroxylation is 1. The fraction of sp³-hybridized carbons (Fsp3) is 0.381. The topological polar surface area (TPSA) is 74.1 Å². The molecule has 1 atom stereocenters. The molecule has 3 amide bonds. The fourth-order valence-electron chi connectivity index (χ4n) is 3.84. The SMILES string of the molecule is Cc1ccc(N2C(=O)CCC2C(=O)N2CCN(C(=O)c3ccco3)CC2)cc1. The molecule has 0 aliphatic carbocycles. The number of benzene rings is 1. The van der Waals surface area contributed by atoms with Crippen molar-refractivity contribution >= 4 is 23.4 Å². The number of amides is 3. The third kappa shape index (κ3) is 3.40. The molecule has 2 aliphatic heterocycles. The zero-order valence-electron chi connectivity index (χ0n) is 15.8. The number of carbonyl (C=O) groups is 3. The number of furan rings is 1. The molecule has 4 rings (SSSR count). The van der Waals surface area contributed by atoms with Crippen molar-refractivity contribution < 1.29 is 18.8 Å². The van der Waals surface area contributed by atoms with Crippen LogP contribution < -0.4 is 4.90 Å². The molecule has 1 aromatic heterocycles. The molecule has 0 spiro atoms. The molecule has 2 aromatic rings. The minimum atomic E-state index is -0.470. The molecule has 2 saturated heterocycles. The van der Waals surface area contributed by atoms with Crippen molar-refractivity contribution in [3.8, 4) is 0 Å². The second-order valence-corrected chi connectivity index (χ2v) is 7.25. The van der Waals surface area contributed by atoms with Crippen LogP contribution in [0.15, 0.2) is 47.1 Å². The van der Waals surface area contributed by atoms with E-state index in [9.17, 15) is 14.4 Å². The molecule has 1 unspecified atom stereocenters. The summed E-state index contributed by atoms with van der Waals surface area (Å²) in [5.74, 6) is 0.0893. The summed E-state index contributed by atoms with van der Waals surface area (Å²) in [6.07, 6.45) is 2.38. The predicted molar refractivity (Wildman–Crippen MR) is 103 cm³/mol. The highest BCUT2D eigenvalue weighted by Gasteiger charge is 2.40. The van der Waals surface area contributed by atoms with Crippen molar-refractivity contribution in [1.82, 2.24) is 9.80 Å². The van der Waals surface area contributed by atoms with Crippen LogP contribution in [0.4, 0.5) is 5.69 Å². The standard InChI is InChI=1S/C21H23N3O4/c1-15-4-6-16(7-5-15)24-17(8-9-19(24)25)20(26)22-10-12-23(13-11-22)21(27)18-3-2-14-28-18/h2-7,14,17H,8-13H2,1H3. The monoisotopic (exact) mass is 381 g/mol. The zero-order valence-corrected chi connectivity index (χ0v) is 15.8. The molecular weight excluding hydrogens is 358 g/mol. The third-order valence-electron chi connectivity index (χ3n) is 5.42. The minimum Gasteiger partial charge on any atom is -0.459 e. The quantitative estimate of drug-likeness (QED) is 0.816. The lowest BCUT2D eigenvalue weighted by Gasteiger charge is -2.37. The van der Waals surface area contributed by atoms with E-state index in [2.05, 4.69) is 0 Å². The third-order valence-corrected chi connectivity index (χ3v) is 5.42. The van der Waals surface area contributed by atoms with Crippen LogP contribution >= 0.6 is 0 Å². The first-order valence-electron chi connectivity index (χ1n) is 9.55. The predicted octanol–water partition coefficient (Wildman–Crippen LogP) is 2.07. The van der Waals surface area contributed by atoms with Gasteiger partial charge >= 0.3 is 0 Å². The lowest BCUT2D eigenvalue weighted by atomic mass is 10.1. The van der Waals surface area contributed by atoms with E-state index >= 15 is 0 Å². The summed E-state index contributed by atoms with van der Waals surface area (Å²) < 4.78 is 5.17. The Morgan fingerprint density at radius 1 is 1.00 bits per heavy atom. The molecule has 0 radical (unpaired) electrons. The van der Waals surface area contributed by atoms with Gasteiger partial charge < -0.3 is 14.2 Å². The van der Waals surface area contributed by atoms with Crippen LogP contribution in [0.3, 0.4) is 0 Å². The van der Waals surface area contributed by atoms with Crippen LogP contribution in [0.2, 0.25) is 0 Å². The average molecular weight is 381 g/mol. The van der Waals surface area contributed by atoms with Crippen LogP contribution in [0.1, 0.15) is 29.0 Å². The van der Waals surface area contributed by atoms with Gasteiger partial charge in [-0.25, -0.2) is 0 Å². The molecule has 0 saturated carbocycles. The van der Waals surface area contributed by atoms with E-state index in [0.29, 0.717) is 44.8 Å². The van der Waals surface area contributed by atoms with Gasteiger partial charge in [0.2, 0.25) is 11.8 Å². The maximum absolute atomic E-state index is 13.1. The van der Waals surface area contributed by atoms with E-state index < -0.39 is 6.04 Å². The van der Waals surface area contributed by atoms with Gasteiger partial charge in [-0.15, -0.1) is 0 Å². The van der Waals surface area contributed by atoms with E-state index in [1.54, 1.807) is 26.8 Å². The Morgan fingerprint density at radius 2 is 1.68 bits per heavy atom. The van der Waals surface area contributed by atoms with Crippen LogP contribution in [0.25, 0.3) is 0 Å². The lowest BCUT2D eigenvalue weighted by molar-refractivity contribution is -0.134. The van der Waals surface area contributed by atoms with Crippen molar-refractivity contribution in [2.24, 2.45) is 0 Å². The number of hydrogen-bond donors (Lipinski definition) is 0. The van der Waals surface area contributed by atoms with E-state index in [-0.39, 0.29) is 17.7 Å². The summed E-state index contributed by atoms with van der Waals surface area (Å²) >= 11 is 0. The maximum Gasteiger partial charge on any atom is 0.289 e. The highest BCUT2D eigenvalue weighted by molar-refractivity contribution is 6.03. The highest BCUT2D eigenvalue weighted by atomic mass is 16.3. The van der Waals surface area contributed by atoms with Crippen LogP contribution in [-0.4, -0.2) is 59.7 Å². The summed E-state index contributed by atoms with van der Waals surface area (Å²) in [6.45, 7) is 3.81. The first kappa shape index (κ1) is 18.3. The van der Waals surface area contributed by atoms with Gasteiger partial charge in [-0.2, -0.15) is 0 Å². The van der Waals surface area contributed by atoms with Crippen molar-refractivity contribution in [2.45, 2.75) is 25.8 Å². The summed E-state index contributed by atoms with van der Waals surface area (Å²) in [6, 6.07) is 10.5. The van der Waals surface area contributed by atoms with Crippen LogP contribution in [0.5, 0.6) is 0 Å². The Morgan fingerprint density at radius 3 is 2.32 bits per heavy atom. The smallest absolute Gasteiger partial charge is 0.289 e. The Balaban J connectivity index is 1.42. The molecule has 7 nitrogen and oxygen atoms in total. The molecule has 1 aromatic carbocycles. The Hall–Kier alpha value is -3.09. The first-order valence-corrected chi connectivity index (χ1v) is 9.55. The Labute approximate surface area is 163 Å². The normalized spacial score (nSPS) is 20.0. The van der Waals surface area contributed by atoms with E-state index in [0.717, 1.165) is 11.3 Å². The van der Waals surface area contributed by atoms with Gasteiger partial charge in [-0.05, 0) is 37.6 Å². The molecule has 2 fully saturated rings. The molecular formula is C21H23N3O4. The number of hydrogen-bond acceptors (Lipinski definition) is 4. The molecule has 28 heavy (non-hydrogen) atoms. The molecule has 0 N–H and O–H groups in total. The van der Waals surface area contributed by atoms with Crippen molar-refractivity contribution in [3.63, 3.8) is 0 Å². The average Bonchev–Trinajstić information content (AvgIpc) is 3.38. The van der Waals surface area contributed by atoms with E-state index in [1.807, 2.05) is 31.2 Å². The van der Waals surface area contributed by atoms with E-state index in [1.165, 1.54) is 6.26 Å². The highest BCUT2D eigenvalue weighted by Crippen LogP contribution is 2.28. The van der Waals surface area contributed by atoms with Gasteiger partial charge in [0.1, 0.15) is 6.04 Å². The fourth-order valence-corrected chi connectivity index (χ4v) is 3.84. The molecule has 2 aliphatic rings. The zero-order chi connectivity index (χ0) is 19.7. The summed E-state index contributed by atoms with van der Waals surface area (Å²) in [7, 11) is 0.